The molecule has 2 rings (SSSR count). The van der Waals surface area contributed by atoms with Crippen molar-refractivity contribution >= 4 is 17.5 Å². The van der Waals surface area contributed by atoms with Crippen LogP contribution in [-0.2, 0) is 14.4 Å². The Kier molecular flexibility index (Phi) is 1.85. The molecule has 0 saturated heterocycles. The van der Waals surface area contributed by atoms with Gasteiger partial charge in [0.25, 0.3) is 0 Å². The number of carboxylic acid groups (broad SMARTS) is 1. The maximum Gasteiger partial charge on any atom is 0.303 e. The fraction of sp³-hybridized carbons (Fsp3) is 0.727. The minimum atomic E-state index is -0.932. The van der Waals surface area contributed by atoms with Gasteiger partial charge in [-0.2, -0.15) is 0 Å². The van der Waals surface area contributed by atoms with Crippen molar-refractivity contribution in [1.82, 2.24) is 0 Å². The van der Waals surface area contributed by atoms with Gasteiger partial charge in [0, 0.05) is 16.7 Å². The van der Waals surface area contributed by atoms with Crippen LogP contribution >= 0.6 is 0 Å². The Hall–Kier alpha value is -1.19. The summed E-state index contributed by atoms with van der Waals surface area (Å²) in [5.41, 5.74) is -1.42. The molecule has 15 heavy (non-hydrogen) atoms. The molecule has 0 aromatic carbocycles. The lowest BCUT2D eigenvalue weighted by Crippen LogP contribution is -2.37. The molecule has 4 heteroatoms. The Morgan fingerprint density at radius 2 is 2.07 bits per heavy atom. The van der Waals surface area contributed by atoms with Crippen LogP contribution in [0.1, 0.15) is 33.1 Å². The fourth-order valence-electron chi connectivity index (χ4n) is 3.28. The van der Waals surface area contributed by atoms with Crippen LogP contribution in [0.5, 0.6) is 0 Å². The van der Waals surface area contributed by atoms with Crippen molar-refractivity contribution in [1.29, 1.82) is 0 Å². The van der Waals surface area contributed by atoms with Crippen LogP contribution in [0.3, 0.4) is 0 Å². The highest BCUT2D eigenvalue weighted by molar-refractivity contribution is 6.43. The van der Waals surface area contributed by atoms with Crippen molar-refractivity contribution < 1.29 is 19.5 Å². The zero-order valence-electron chi connectivity index (χ0n) is 8.87. The van der Waals surface area contributed by atoms with Gasteiger partial charge in [0.1, 0.15) is 0 Å². The molecular weight excluding hydrogens is 196 g/mol. The highest BCUT2D eigenvalue weighted by Crippen LogP contribution is 2.63. The van der Waals surface area contributed by atoms with Crippen LogP contribution in [0, 0.1) is 16.7 Å². The van der Waals surface area contributed by atoms with E-state index in [2.05, 4.69) is 0 Å². The molecule has 82 valence electrons. The third-order valence-electron chi connectivity index (χ3n) is 4.52. The first-order chi connectivity index (χ1) is 6.83. The Labute approximate surface area is 87.7 Å². The fourth-order valence-corrected chi connectivity index (χ4v) is 3.28. The molecule has 2 aliphatic carbocycles. The summed E-state index contributed by atoms with van der Waals surface area (Å²) < 4.78 is 0. The summed E-state index contributed by atoms with van der Waals surface area (Å²) in [5, 5.41) is 8.87. The Morgan fingerprint density at radius 3 is 2.47 bits per heavy atom. The molecule has 0 heterocycles. The molecule has 2 bridgehead atoms. The minimum absolute atomic E-state index is 0.0916. The summed E-state index contributed by atoms with van der Waals surface area (Å²) in [6, 6.07) is 0. The van der Waals surface area contributed by atoms with Crippen LogP contribution in [-0.4, -0.2) is 22.6 Å². The van der Waals surface area contributed by atoms with E-state index in [9.17, 15) is 14.4 Å². The van der Waals surface area contributed by atoms with E-state index in [1.807, 2.05) is 0 Å². The molecule has 0 amide bonds. The van der Waals surface area contributed by atoms with Gasteiger partial charge in [0.15, 0.2) is 0 Å². The molecular formula is C11H14O4. The maximum atomic E-state index is 11.7. The summed E-state index contributed by atoms with van der Waals surface area (Å²) in [6.45, 7) is 3.50. The van der Waals surface area contributed by atoms with Gasteiger partial charge < -0.3 is 5.11 Å². The minimum Gasteiger partial charge on any atom is -0.481 e. The highest BCUT2D eigenvalue weighted by atomic mass is 16.4. The largest absolute Gasteiger partial charge is 0.481 e. The predicted molar refractivity (Wildman–Crippen MR) is 51.2 cm³/mol. The summed E-state index contributed by atoms with van der Waals surface area (Å²) in [5.74, 6) is -2.01. The number of carbonyl (C=O) groups excluding carboxylic acids is 2. The lowest BCUT2D eigenvalue weighted by atomic mass is 9.67. The van der Waals surface area contributed by atoms with Crippen molar-refractivity contribution in [2.45, 2.75) is 33.1 Å². The molecule has 0 spiro atoms. The lowest BCUT2D eigenvalue weighted by molar-refractivity contribution is -0.143. The maximum absolute atomic E-state index is 11.7. The number of fused-ring (bicyclic) bond motifs is 2. The lowest BCUT2D eigenvalue weighted by Gasteiger charge is -2.34. The van der Waals surface area contributed by atoms with E-state index in [1.54, 1.807) is 13.8 Å². The van der Waals surface area contributed by atoms with E-state index < -0.39 is 16.8 Å². The second kappa shape index (κ2) is 2.68. The van der Waals surface area contributed by atoms with Gasteiger partial charge in [-0.15, -0.1) is 0 Å². The number of carbonyl (C=O) groups is 3. The molecule has 0 aromatic heterocycles. The summed E-state index contributed by atoms with van der Waals surface area (Å²) >= 11 is 0. The predicted octanol–water partition coefficient (Wildman–Crippen LogP) is 1.04. The quantitative estimate of drug-likeness (QED) is 0.691. The van der Waals surface area contributed by atoms with Crippen molar-refractivity contribution in [3.63, 3.8) is 0 Å². The Morgan fingerprint density at radius 1 is 1.47 bits per heavy atom. The van der Waals surface area contributed by atoms with E-state index in [-0.39, 0.29) is 23.9 Å². The van der Waals surface area contributed by atoms with Gasteiger partial charge >= 0.3 is 5.97 Å². The van der Waals surface area contributed by atoms with E-state index in [1.165, 1.54) is 0 Å². The van der Waals surface area contributed by atoms with Crippen molar-refractivity contribution in [3.05, 3.63) is 0 Å². The molecule has 0 radical (unpaired) electrons. The number of hydrogen-bond acceptors (Lipinski definition) is 3. The molecule has 0 unspecified atom stereocenters. The van der Waals surface area contributed by atoms with Crippen LogP contribution in [0.15, 0.2) is 0 Å². The van der Waals surface area contributed by atoms with Gasteiger partial charge in [0.2, 0.25) is 11.6 Å². The van der Waals surface area contributed by atoms with E-state index >= 15 is 0 Å². The highest BCUT2D eigenvalue weighted by Gasteiger charge is 2.68. The summed E-state index contributed by atoms with van der Waals surface area (Å²) in [4.78, 5) is 34.2. The van der Waals surface area contributed by atoms with Gasteiger partial charge in [-0.25, -0.2) is 0 Å². The van der Waals surface area contributed by atoms with Crippen LogP contribution in [0.4, 0.5) is 0 Å². The first-order valence-electron chi connectivity index (χ1n) is 5.13. The third kappa shape index (κ3) is 0.994. The van der Waals surface area contributed by atoms with Crippen LogP contribution in [0.25, 0.3) is 0 Å². The molecule has 2 fully saturated rings. The van der Waals surface area contributed by atoms with Crippen LogP contribution in [0.2, 0.25) is 0 Å². The Bertz CT molecular complexity index is 373. The first kappa shape index (κ1) is 10.3. The molecule has 2 aliphatic rings. The van der Waals surface area contributed by atoms with Crippen molar-refractivity contribution in [2.75, 3.05) is 0 Å². The topological polar surface area (TPSA) is 71.4 Å². The summed E-state index contributed by atoms with van der Waals surface area (Å²) in [6.07, 6.45) is 1.21. The number of carboxylic acids is 1. The molecule has 0 aliphatic heterocycles. The molecule has 0 aromatic rings. The molecule has 3 atom stereocenters. The normalized spacial score (nSPS) is 43.7. The van der Waals surface area contributed by atoms with Gasteiger partial charge in [-0.3, -0.25) is 14.4 Å². The van der Waals surface area contributed by atoms with Gasteiger partial charge in [0.05, 0.1) is 6.42 Å². The molecule has 2 saturated carbocycles. The van der Waals surface area contributed by atoms with E-state index in [0.29, 0.717) is 12.8 Å². The zero-order chi connectivity index (χ0) is 11.4. The number of aliphatic carboxylic acids is 1. The zero-order valence-corrected chi connectivity index (χ0v) is 8.87. The van der Waals surface area contributed by atoms with Gasteiger partial charge in [-0.05, 0) is 12.8 Å². The number of ketones is 2. The Balaban J connectivity index is 2.46. The average molecular weight is 210 g/mol. The first-order valence-corrected chi connectivity index (χ1v) is 5.13. The van der Waals surface area contributed by atoms with E-state index in [0.717, 1.165) is 0 Å². The van der Waals surface area contributed by atoms with Crippen LogP contribution < -0.4 is 0 Å². The van der Waals surface area contributed by atoms with E-state index in [4.69, 9.17) is 5.11 Å². The smallest absolute Gasteiger partial charge is 0.303 e. The average Bonchev–Trinajstić information content (AvgIpc) is 2.42. The second-order valence-corrected chi connectivity index (χ2v) is 5.10. The second-order valence-electron chi connectivity index (χ2n) is 5.10. The number of rotatable bonds is 2. The SMILES string of the molecule is C[C@@]12CC[C@@H](C(=O)C1=O)[C@@]2(C)CC(=O)O. The molecule has 1 N–H and O–H groups in total. The standard InChI is InChI=1S/C11H14O4/c1-10-4-3-6(8(14)9(10)15)11(10,2)5-7(12)13/h6H,3-5H2,1-2H3,(H,12,13)/t6-,10+,11+/m0/s1. The van der Waals surface area contributed by atoms with Gasteiger partial charge in [-0.1, -0.05) is 13.8 Å². The molecule has 4 nitrogen and oxygen atoms in total. The number of Topliss-reactive ketones (excluding diaryl/α,β-unsaturated/α-hetero) is 2. The monoisotopic (exact) mass is 210 g/mol. The van der Waals surface area contributed by atoms with Crippen molar-refractivity contribution in [3.8, 4) is 0 Å². The summed E-state index contributed by atoms with van der Waals surface area (Å²) in [7, 11) is 0. The number of hydrogen-bond donors (Lipinski definition) is 1. The third-order valence-corrected chi connectivity index (χ3v) is 4.52. The van der Waals surface area contributed by atoms with Crippen molar-refractivity contribution in [2.24, 2.45) is 16.7 Å².